The second-order valence-electron chi connectivity index (χ2n) is 4.11. The van der Waals surface area contributed by atoms with Crippen LogP contribution < -0.4 is 10.1 Å². The fraction of sp³-hybridized carbons (Fsp3) is 0.154. The summed E-state index contributed by atoms with van der Waals surface area (Å²) < 4.78 is 6.28. The summed E-state index contributed by atoms with van der Waals surface area (Å²) in [6, 6.07) is 7.44. The van der Waals surface area contributed by atoms with Gasteiger partial charge in [0.25, 0.3) is 5.91 Å². The molecule has 2 heterocycles. The molecular formula is C13H11BrN2O2. The van der Waals surface area contributed by atoms with E-state index >= 15 is 0 Å². The summed E-state index contributed by atoms with van der Waals surface area (Å²) in [4.78, 5) is 14.8. The minimum atomic E-state index is -0.153. The lowest BCUT2D eigenvalue weighted by atomic mass is 10.1. The van der Waals surface area contributed by atoms with Crippen molar-refractivity contribution in [2.24, 2.45) is 0 Å². The van der Waals surface area contributed by atoms with Gasteiger partial charge in [-0.3, -0.25) is 4.79 Å². The SMILES string of the molecule is O=C(Nc1ccc2c(c1)CCO2)c1cc(Br)c[nH]1. The predicted molar refractivity (Wildman–Crippen MR) is 72.1 cm³/mol. The molecule has 1 aliphatic rings. The van der Waals surface area contributed by atoms with Gasteiger partial charge in [-0.2, -0.15) is 0 Å². The lowest BCUT2D eigenvalue weighted by molar-refractivity contribution is 0.102. The Balaban J connectivity index is 1.78. The number of aromatic nitrogens is 1. The van der Waals surface area contributed by atoms with Crippen molar-refractivity contribution in [3.05, 3.63) is 46.2 Å². The van der Waals surface area contributed by atoms with Gasteiger partial charge in [-0.1, -0.05) is 0 Å². The van der Waals surface area contributed by atoms with Gasteiger partial charge < -0.3 is 15.0 Å². The number of hydrogen-bond acceptors (Lipinski definition) is 2. The minimum Gasteiger partial charge on any atom is -0.493 e. The van der Waals surface area contributed by atoms with Crippen LogP contribution in [-0.4, -0.2) is 17.5 Å². The highest BCUT2D eigenvalue weighted by molar-refractivity contribution is 9.10. The van der Waals surface area contributed by atoms with Gasteiger partial charge in [0, 0.05) is 22.8 Å². The first kappa shape index (κ1) is 11.3. The molecule has 92 valence electrons. The quantitative estimate of drug-likeness (QED) is 0.896. The first-order valence-corrected chi connectivity index (χ1v) is 6.43. The number of H-pyrrole nitrogens is 1. The Morgan fingerprint density at radius 2 is 2.28 bits per heavy atom. The predicted octanol–water partition coefficient (Wildman–Crippen LogP) is 2.96. The Kier molecular flexibility index (Phi) is 2.83. The van der Waals surface area contributed by atoms with Gasteiger partial charge in [-0.15, -0.1) is 0 Å². The zero-order valence-corrected chi connectivity index (χ0v) is 11.1. The largest absolute Gasteiger partial charge is 0.493 e. The molecule has 0 saturated heterocycles. The molecule has 0 fully saturated rings. The zero-order chi connectivity index (χ0) is 12.5. The molecule has 0 atom stereocenters. The summed E-state index contributed by atoms with van der Waals surface area (Å²) in [6.45, 7) is 0.719. The maximum Gasteiger partial charge on any atom is 0.272 e. The summed E-state index contributed by atoms with van der Waals surface area (Å²) >= 11 is 3.30. The van der Waals surface area contributed by atoms with Gasteiger partial charge in [-0.25, -0.2) is 0 Å². The highest BCUT2D eigenvalue weighted by atomic mass is 79.9. The second-order valence-corrected chi connectivity index (χ2v) is 5.02. The van der Waals surface area contributed by atoms with Crippen LogP contribution in [0.15, 0.2) is 34.9 Å². The number of anilines is 1. The average Bonchev–Trinajstić information content (AvgIpc) is 2.96. The number of ether oxygens (including phenoxy) is 1. The van der Waals surface area contributed by atoms with Gasteiger partial charge in [-0.05, 0) is 45.8 Å². The van der Waals surface area contributed by atoms with Gasteiger partial charge in [0.05, 0.1) is 6.61 Å². The molecule has 0 saturated carbocycles. The highest BCUT2D eigenvalue weighted by Gasteiger charge is 2.14. The monoisotopic (exact) mass is 306 g/mol. The van der Waals surface area contributed by atoms with E-state index in [1.165, 1.54) is 0 Å². The summed E-state index contributed by atoms with van der Waals surface area (Å²) in [5.74, 6) is 0.759. The molecule has 3 rings (SSSR count). The number of carbonyl (C=O) groups excluding carboxylic acids is 1. The lowest BCUT2D eigenvalue weighted by Crippen LogP contribution is -2.12. The fourth-order valence-electron chi connectivity index (χ4n) is 1.96. The topological polar surface area (TPSA) is 54.1 Å². The third kappa shape index (κ3) is 2.13. The number of hydrogen-bond donors (Lipinski definition) is 2. The van der Waals surface area contributed by atoms with E-state index in [2.05, 4.69) is 26.2 Å². The van der Waals surface area contributed by atoms with Crippen molar-refractivity contribution >= 4 is 27.5 Å². The summed E-state index contributed by atoms with van der Waals surface area (Å²) in [5.41, 5.74) is 2.45. The molecule has 4 nitrogen and oxygen atoms in total. The van der Waals surface area contributed by atoms with Crippen molar-refractivity contribution in [2.75, 3.05) is 11.9 Å². The van der Waals surface area contributed by atoms with Crippen LogP contribution in [0.4, 0.5) is 5.69 Å². The number of fused-ring (bicyclic) bond motifs is 1. The summed E-state index contributed by atoms with van der Waals surface area (Å²) in [7, 11) is 0. The molecule has 0 bridgehead atoms. The van der Waals surface area contributed by atoms with Crippen LogP contribution in [0.1, 0.15) is 16.1 Å². The molecular weight excluding hydrogens is 296 g/mol. The molecule has 1 amide bonds. The number of amides is 1. The van der Waals surface area contributed by atoms with E-state index in [0.29, 0.717) is 5.69 Å². The number of carbonyl (C=O) groups is 1. The van der Waals surface area contributed by atoms with E-state index in [1.54, 1.807) is 12.3 Å². The average molecular weight is 307 g/mol. The number of rotatable bonds is 2. The second kappa shape index (κ2) is 4.49. The zero-order valence-electron chi connectivity index (χ0n) is 9.50. The van der Waals surface area contributed by atoms with Crippen molar-refractivity contribution in [1.29, 1.82) is 0 Å². The van der Waals surface area contributed by atoms with Gasteiger partial charge >= 0.3 is 0 Å². The smallest absolute Gasteiger partial charge is 0.272 e. The van der Waals surface area contributed by atoms with Gasteiger partial charge in [0.1, 0.15) is 11.4 Å². The van der Waals surface area contributed by atoms with E-state index in [-0.39, 0.29) is 5.91 Å². The Bertz CT molecular complexity index is 607. The van der Waals surface area contributed by atoms with Crippen molar-refractivity contribution in [2.45, 2.75) is 6.42 Å². The van der Waals surface area contributed by atoms with E-state index in [4.69, 9.17) is 4.74 Å². The molecule has 2 N–H and O–H groups in total. The molecule has 5 heteroatoms. The Morgan fingerprint density at radius 1 is 1.39 bits per heavy atom. The Hall–Kier alpha value is -1.75. The van der Waals surface area contributed by atoms with Crippen molar-refractivity contribution < 1.29 is 9.53 Å². The van der Waals surface area contributed by atoms with Gasteiger partial charge in [0.2, 0.25) is 0 Å². The van der Waals surface area contributed by atoms with Crippen LogP contribution in [0.25, 0.3) is 0 Å². The van der Waals surface area contributed by atoms with E-state index in [0.717, 1.165) is 34.5 Å². The normalized spacial score (nSPS) is 12.9. The van der Waals surface area contributed by atoms with Gasteiger partial charge in [0.15, 0.2) is 0 Å². The Morgan fingerprint density at radius 3 is 3.06 bits per heavy atom. The van der Waals surface area contributed by atoms with Crippen molar-refractivity contribution in [1.82, 2.24) is 4.98 Å². The molecule has 1 aliphatic heterocycles. The van der Waals surface area contributed by atoms with Crippen LogP contribution in [0.3, 0.4) is 0 Å². The molecule has 1 aromatic carbocycles. The molecule has 0 aliphatic carbocycles. The first-order chi connectivity index (χ1) is 8.72. The number of benzene rings is 1. The molecule has 1 aromatic heterocycles. The number of nitrogens with one attached hydrogen (secondary N) is 2. The van der Waals surface area contributed by atoms with E-state index in [1.807, 2.05) is 18.2 Å². The molecule has 0 spiro atoms. The standard InChI is InChI=1S/C13H11BrN2O2/c14-9-6-11(15-7-9)13(17)16-10-1-2-12-8(5-10)3-4-18-12/h1-2,5-7,15H,3-4H2,(H,16,17). The minimum absolute atomic E-state index is 0.153. The maximum absolute atomic E-state index is 11.9. The Labute approximate surface area is 112 Å². The van der Waals surface area contributed by atoms with Crippen LogP contribution in [0, 0.1) is 0 Å². The summed E-state index contributed by atoms with van der Waals surface area (Å²) in [6.07, 6.45) is 2.62. The van der Waals surface area contributed by atoms with E-state index < -0.39 is 0 Å². The molecule has 2 aromatic rings. The highest BCUT2D eigenvalue weighted by Crippen LogP contribution is 2.28. The van der Waals surface area contributed by atoms with Crippen LogP contribution in [-0.2, 0) is 6.42 Å². The molecule has 0 unspecified atom stereocenters. The number of halogens is 1. The third-order valence-corrected chi connectivity index (χ3v) is 3.30. The van der Waals surface area contributed by atoms with E-state index in [9.17, 15) is 4.79 Å². The third-order valence-electron chi connectivity index (χ3n) is 2.84. The van der Waals surface area contributed by atoms with Crippen LogP contribution in [0.5, 0.6) is 5.75 Å². The molecule has 0 radical (unpaired) electrons. The number of aromatic amines is 1. The first-order valence-electron chi connectivity index (χ1n) is 5.63. The molecule has 18 heavy (non-hydrogen) atoms. The summed E-state index contributed by atoms with van der Waals surface area (Å²) in [5, 5.41) is 2.85. The van der Waals surface area contributed by atoms with Crippen molar-refractivity contribution in [3.63, 3.8) is 0 Å². The van der Waals surface area contributed by atoms with Crippen LogP contribution >= 0.6 is 15.9 Å². The van der Waals surface area contributed by atoms with Crippen LogP contribution in [0.2, 0.25) is 0 Å². The fourth-order valence-corrected chi connectivity index (χ4v) is 2.31. The lowest BCUT2D eigenvalue weighted by Gasteiger charge is -2.05. The van der Waals surface area contributed by atoms with Crippen molar-refractivity contribution in [3.8, 4) is 5.75 Å². The maximum atomic E-state index is 11.9.